The van der Waals surface area contributed by atoms with Crippen molar-refractivity contribution in [3.63, 3.8) is 0 Å². The van der Waals surface area contributed by atoms with Crippen LogP contribution in [-0.2, 0) is 9.13 Å². The van der Waals surface area contributed by atoms with Crippen LogP contribution in [0.3, 0.4) is 0 Å². The van der Waals surface area contributed by atoms with Gasteiger partial charge >= 0.3 is 110 Å². The second-order valence-electron chi connectivity index (χ2n) is 18.5. The summed E-state index contributed by atoms with van der Waals surface area (Å²) in [6.45, 7) is 0. The summed E-state index contributed by atoms with van der Waals surface area (Å²) in [5.41, 5.74) is 0. The van der Waals surface area contributed by atoms with Crippen LogP contribution in [0, 0.1) is 11.8 Å². The highest BCUT2D eigenvalue weighted by molar-refractivity contribution is 7.52. The summed E-state index contributed by atoms with van der Waals surface area (Å²) in [5, 5.41) is 0. The maximum atomic E-state index is 15.6. The van der Waals surface area contributed by atoms with Gasteiger partial charge in [-0.25, -0.2) is 0 Å². The molecule has 42 heteroatoms. The van der Waals surface area contributed by atoms with E-state index in [1.165, 1.54) is 0 Å². The Balaban J connectivity index is 8.01. The van der Waals surface area contributed by atoms with Crippen LogP contribution in [0.4, 0.5) is 149 Å². The molecule has 0 radical (unpaired) electrons. The maximum Gasteiger partial charge on any atom is 0.460 e. The predicted octanol–water partition coefficient (Wildman–Crippen LogP) is 17.6. The minimum Gasteiger partial charge on any atom is -0.324 e. The maximum absolute atomic E-state index is 15.6. The van der Waals surface area contributed by atoms with E-state index in [9.17, 15) is 123 Å². The first-order valence-corrected chi connectivity index (χ1v) is 26.0. The Morgan fingerprint density at radius 3 is 0.588 bits per heavy atom. The average Bonchev–Trinajstić information content (AvgIpc) is 3.24. The molecule has 6 nitrogen and oxygen atoms in total. The van der Waals surface area contributed by atoms with E-state index in [2.05, 4.69) is 0 Å². The summed E-state index contributed by atoms with van der Waals surface area (Å²) in [5.74, 6) is -131. The molecule has 0 amide bonds. The fourth-order valence-corrected chi connectivity index (χ4v) is 8.80. The molecule has 0 aromatic rings. The zero-order valence-electron chi connectivity index (χ0n) is 39.6. The molecule has 0 fully saturated rings. The average molecular weight is 1310 g/mol. The van der Waals surface area contributed by atoms with E-state index in [0.29, 0.717) is 0 Å². The van der Waals surface area contributed by atoms with Gasteiger partial charge in [-0.1, -0.05) is 77.0 Å². The topological polar surface area (TPSA) is 115 Å². The number of alkyl halides is 34. The molecule has 0 aliphatic rings. The van der Waals surface area contributed by atoms with E-state index in [1.807, 2.05) is 0 Å². The van der Waals surface area contributed by atoms with Crippen LogP contribution in [0.2, 0.25) is 0 Å². The summed E-state index contributed by atoms with van der Waals surface area (Å²) in [4.78, 5) is 35.5. The van der Waals surface area contributed by atoms with Gasteiger partial charge in [-0.15, -0.1) is 0 Å². The first kappa shape index (κ1) is 77.9. The predicted molar refractivity (Wildman–Crippen MR) is 205 cm³/mol. The number of unbranched alkanes of at least 4 members (excludes halogenated alkanes) is 12. The normalized spacial score (nSPS) is 16.6. The summed E-state index contributed by atoms with van der Waals surface area (Å²) >= 11 is 0. The monoisotopic (exact) mass is 1310 g/mol. The summed E-state index contributed by atoms with van der Waals surface area (Å²) in [7, 11) is -9.20. The fraction of sp³-hybridized carbons (Fsp3) is 1.00. The lowest BCUT2D eigenvalue weighted by atomic mass is 9.74. The Hall–Kier alpha value is -2.08. The molecule has 2 atom stereocenters. The van der Waals surface area contributed by atoms with E-state index in [-0.39, 0.29) is 51.4 Å². The molecule has 482 valence electrons. The van der Waals surface area contributed by atoms with Gasteiger partial charge in [0.25, 0.3) is 0 Å². The van der Waals surface area contributed by atoms with E-state index in [0.717, 1.165) is 0 Å². The number of halogens is 34. The molecular weight excluding hydrogens is 1260 g/mol. The van der Waals surface area contributed by atoms with E-state index in [1.54, 1.807) is 0 Å². The lowest BCUT2D eigenvalue weighted by Crippen LogP contribution is -2.74. The number of hydrogen-bond acceptors (Lipinski definition) is 2. The van der Waals surface area contributed by atoms with Crippen molar-refractivity contribution in [1.82, 2.24) is 0 Å². The van der Waals surface area contributed by atoms with E-state index >= 15 is 35.1 Å². The largest absolute Gasteiger partial charge is 0.460 e. The Kier molecular flexibility index (Phi) is 24.8. The highest BCUT2D eigenvalue weighted by Gasteiger charge is 2.97. The highest BCUT2D eigenvalue weighted by atomic mass is 31.2. The van der Waals surface area contributed by atoms with Crippen LogP contribution in [0.25, 0.3) is 0 Å². The third kappa shape index (κ3) is 15.9. The van der Waals surface area contributed by atoms with Crippen molar-refractivity contribution >= 4 is 15.2 Å². The molecular formula is C38H46F34O6P2. The van der Waals surface area contributed by atoms with Gasteiger partial charge in [-0.2, -0.15) is 149 Å². The quantitative estimate of drug-likeness (QED) is 0.0280. The third-order valence-corrected chi connectivity index (χ3v) is 14.1. The number of hydrogen-bond donors (Lipinski definition) is 4. The summed E-state index contributed by atoms with van der Waals surface area (Å²) in [6, 6.07) is 0. The van der Waals surface area contributed by atoms with Crippen LogP contribution in [0.1, 0.15) is 116 Å². The van der Waals surface area contributed by atoms with Crippen LogP contribution in [-0.4, -0.2) is 127 Å². The molecule has 0 rings (SSSR count). The minimum atomic E-state index is -9.28. The molecule has 0 bridgehead atoms. The molecule has 80 heavy (non-hydrogen) atoms. The van der Waals surface area contributed by atoms with Crippen molar-refractivity contribution in [1.29, 1.82) is 0 Å². The Bertz CT molecular complexity index is 1910. The first-order chi connectivity index (χ1) is 34.9. The third-order valence-electron chi connectivity index (χ3n) is 12.3. The lowest BCUT2D eigenvalue weighted by Gasteiger charge is -2.44. The van der Waals surface area contributed by atoms with Crippen molar-refractivity contribution in [2.45, 2.75) is 211 Å². The second-order valence-corrected chi connectivity index (χ2v) is 22.1. The minimum absolute atomic E-state index is 0.0799. The van der Waals surface area contributed by atoms with Crippen molar-refractivity contribution in [2.24, 2.45) is 11.8 Å². The molecule has 0 spiro atoms. The van der Waals surface area contributed by atoms with E-state index < -0.39 is 199 Å². The van der Waals surface area contributed by atoms with Gasteiger partial charge in [0, 0.05) is 25.2 Å². The van der Waals surface area contributed by atoms with Crippen molar-refractivity contribution in [3.8, 4) is 0 Å². The highest BCUT2D eigenvalue weighted by Crippen LogP contribution is 2.67. The summed E-state index contributed by atoms with van der Waals surface area (Å²) in [6.07, 6.45) is -35.0. The molecule has 0 saturated heterocycles. The van der Waals surface area contributed by atoms with Gasteiger partial charge in [0.05, 0.1) is 0 Å². The second kappa shape index (κ2) is 25.5. The molecule has 0 aliphatic heterocycles. The Morgan fingerprint density at radius 2 is 0.400 bits per heavy atom. The van der Waals surface area contributed by atoms with Crippen LogP contribution >= 0.6 is 15.2 Å². The molecule has 0 aliphatic carbocycles. The fourth-order valence-electron chi connectivity index (χ4n) is 7.53. The summed E-state index contributed by atoms with van der Waals surface area (Å²) < 4.78 is 503. The van der Waals surface area contributed by atoms with E-state index in [4.69, 9.17) is 19.6 Å². The standard InChI is InChI=1S/C38H46F34O6P2/c39-23(40,25(43,44)27(47,48)29(51,52)31(55,56)33(59,60)35(63,64)37(67,68)69)19-21(15-11-7-3-1-5-9-13-17-79(73,74)75)22(16-12-8-4-2-6-10-14-18-80(76,77)78)20-24(41,42)26(45,46)28(49,50)30(53,54)32(57,58)34(61,62)36(65,66)38(70,71)72/h21-22H,1-20H2,(H2,73,74,75)(H2,76,77,78). The van der Waals surface area contributed by atoms with Crippen molar-refractivity contribution in [2.75, 3.05) is 12.3 Å². The molecule has 4 N–H and O–H groups in total. The molecule has 2 unspecified atom stereocenters. The molecule has 0 heterocycles. The number of rotatable bonds is 37. The molecule has 0 saturated carbocycles. The van der Waals surface area contributed by atoms with Gasteiger partial charge in [0.15, 0.2) is 0 Å². The lowest BCUT2D eigenvalue weighted by molar-refractivity contribution is -0.462. The SMILES string of the molecule is O=P(O)(O)CCCCCCCCCC(CC(F)(F)C(F)(F)C(F)(F)C(F)(F)C(F)(F)C(F)(F)C(F)(F)C(F)(F)F)C(CCCCCCCCCP(=O)(O)O)CC(F)(F)C(F)(F)C(F)(F)C(F)(F)C(F)(F)C(F)(F)C(F)(F)C(F)(F)F. The van der Waals surface area contributed by atoms with Crippen LogP contribution < -0.4 is 0 Å². The van der Waals surface area contributed by atoms with Crippen molar-refractivity contribution in [3.05, 3.63) is 0 Å². The van der Waals surface area contributed by atoms with Gasteiger partial charge in [-0.3, -0.25) is 9.13 Å². The Labute approximate surface area is 428 Å². The van der Waals surface area contributed by atoms with Crippen molar-refractivity contribution < 1.29 is 178 Å². The van der Waals surface area contributed by atoms with Gasteiger partial charge < -0.3 is 19.6 Å². The van der Waals surface area contributed by atoms with Crippen LogP contribution in [0.15, 0.2) is 0 Å². The zero-order chi connectivity index (χ0) is 64.3. The Morgan fingerprint density at radius 1 is 0.237 bits per heavy atom. The van der Waals surface area contributed by atoms with Gasteiger partial charge in [0.1, 0.15) is 0 Å². The molecule has 0 aromatic heterocycles. The smallest absolute Gasteiger partial charge is 0.324 e. The zero-order valence-corrected chi connectivity index (χ0v) is 41.4. The van der Waals surface area contributed by atoms with Gasteiger partial charge in [0.2, 0.25) is 0 Å². The van der Waals surface area contributed by atoms with Gasteiger partial charge in [-0.05, 0) is 37.5 Å². The first-order valence-electron chi connectivity index (χ1n) is 22.4. The molecule has 0 aromatic carbocycles. The van der Waals surface area contributed by atoms with Crippen LogP contribution in [0.5, 0.6) is 0 Å².